The molecule has 1 fully saturated rings. The molecule has 0 bridgehead atoms. The summed E-state index contributed by atoms with van der Waals surface area (Å²) in [6.45, 7) is 9.56. The molecule has 0 spiro atoms. The highest BCUT2D eigenvalue weighted by molar-refractivity contribution is 7.89. The van der Waals surface area contributed by atoms with E-state index in [4.69, 9.17) is 9.47 Å². The summed E-state index contributed by atoms with van der Waals surface area (Å²) >= 11 is 0. The maximum Gasteiger partial charge on any atom is 0.251 e. The number of carbonyl (C=O) groups is 1. The van der Waals surface area contributed by atoms with Gasteiger partial charge in [0.2, 0.25) is 10.0 Å². The van der Waals surface area contributed by atoms with Gasteiger partial charge in [0.05, 0.1) is 23.7 Å². The molecule has 32 heavy (non-hydrogen) atoms. The van der Waals surface area contributed by atoms with Gasteiger partial charge in [-0.1, -0.05) is 26.0 Å². The van der Waals surface area contributed by atoms with Gasteiger partial charge in [0.1, 0.15) is 5.75 Å². The van der Waals surface area contributed by atoms with Crippen molar-refractivity contribution >= 4 is 15.9 Å². The second-order valence-corrected chi connectivity index (χ2v) is 10.6. The molecule has 0 aromatic heterocycles. The molecule has 2 aromatic rings. The molecule has 8 heteroatoms. The van der Waals surface area contributed by atoms with Crippen molar-refractivity contribution in [1.82, 2.24) is 9.62 Å². The fourth-order valence-electron chi connectivity index (χ4n) is 3.51. The van der Waals surface area contributed by atoms with Gasteiger partial charge < -0.3 is 14.8 Å². The van der Waals surface area contributed by atoms with Crippen LogP contribution < -0.4 is 10.1 Å². The molecule has 1 aliphatic heterocycles. The van der Waals surface area contributed by atoms with Crippen LogP contribution in [-0.4, -0.2) is 50.5 Å². The minimum Gasteiger partial charge on any atom is -0.493 e. The lowest BCUT2D eigenvalue weighted by Gasteiger charge is -2.34. The molecule has 2 aromatic carbocycles. The van der Waals surface area contributed by atoms with Crippen LogP contribution in [0.1, 0.15) is 43.6 Å². The highest BCUT2D eigenvalue weighted by Crippen LogP contribution is 2.21. The lowest BCUT2D eigenvalue weighted by Crippen LogP contribution is -2.48. The van der Waals surface area contributed by atoms with Crippen molar-refractivity contribution in [1.29, 1.82) is 0 Å². The molecule has 2 unspecified atom stereocenters. The number of hydrogen-bond donors (Lipinski definition) is 1. The second-order valence-electron chi connectivity index (χ2n) is 8.64. The van der Waals surface area contributed by atoms with Crippen molar-refractivity contribution in [2.24, 2.45) is 5.92 Å². The average molecular weight is 461 g/mol. The summed E-state index contributed by atoms with van der Waals surface area (Å²) in [4.78, 5) is 12.7. The number of benzene rings is 2. The van der Waals surface area contributed by atoms with Crippen molar-refractivity contribution < 1.29 is 22.7 Å². The number of rotatable bonds is 8. The summed E-state index contributed by atoms with van der Waals surface area (Å²) in [5.41, 5.74) is 1.36. The zero-order chi connectivity index (χ0) is 23.3. The standard InChI is InChI=1S/C24H32N2O5S/c1-17(2)16-30-22-9-5-20(6-10-22)13-25-24(27)21-7-11-23(12-8-21)32(28,29)26-14-18(3)31-19(4)15-26/h5-12,17-19H,13-16H2,1-4H3,(H,25,27). The highest BCUT2D eigenvalue weighted by atomic mass is 32.2. The molecular weight excluding hydrogens is 428 g/mol. The van der Waals surface area contributed by atoms with E-state index in [9.17, 15) is 13.2 Å². The lowest BCUT2D eigenvalue weighted by atomic mass is 10.2. The van der Waals surface area contributed by atoms with Crippen LogP contribution in [0, 0.1) is 5.92 Å². The molecule has 0 radical (unpaired) electrons. The van der Waals surface area contributed by atoms with Crippen LogP contribution in [0.3, 0.4) is 0 Å². The Labute approximate surface area is 190 Å². The number of hydrogen-bond acceptors (Lipinski definition) is 5. The van der Waals surface area contributed by atoms with E-state index in [0.717, 1.165) is 11.3 Å². The van der Waals surface area contributed by atoms with Crippen LogP contribution >= 0.6 is 0 Å². The molecule has 1 aliphatic rings. The van der Waals surface area contributed by atoms with E-state index in [2.05, 4.69) is 19.2 Å². The third-order valence-corrected chi connectivity index (χ3v) is 6.95. The zero-order valence-corrected chi connectivity index (χ0v) is 19.9. The van der Waals surface area contributed by atoms with Gasteiger partial charge in [-0.25, -0.2) is 8.42 Å². The van der Waals surface area contributed by atoms with E-state index in [1.165, 1.54) is 16.4 Å². The molecule has 1 saturated heterocycles. The van der Waals surface area contributed by atoms with Crippen LogP contribution in [0.5, 0.6) is 5.75 Å². The first-order valence-corrected chi connectivity index (χ1v) is 12.3. The minimum absolute atomic E-state index is 0.158. The van der Waals surface area contributed by atoms with Crippen molar-refractivity contribution in [3.8, 4) is 5.75 Å². The van der Waals surface area contributed by atoms with Gasteiger partial charge in [-0.3, -0.25) is 4.79 Å². The number of nitrogens with zero attached hydrogens (tertiary/aromatic N) is 1. The van der Waals surface area contributed by atoms with Gasteiger partial charge >= 0.3 is 0 Å². The van der Waals surface area contributed by atoms with Gasteiger partial charge in [0.25, 0.3) is 5.91 Å². The van der Waals surface area contributed by atoms with E-state index >= 15 is 0 Å². The Morgan fingerprint density at radius 1 is 1.06 bits per heavy atom. The van der Waals surface area contributed by atoms with Gasteiger partial charge in [-0.05, 0) is 61.7 Å². The fourth-order valence-corrected chi connectivity index (χ4v) is 5.10. The number of morpholine rings is 1. The predicted molar refractivity (Wildman–Crippen MR) is 123 cm³/mol. The number of sulfonamides is 1. The largest absolute Gasteiger partial charge is 0.493 e. The molecular formula is C24H32N2O5S. The highest BCUT2D eigenvalue weighted by Gasteiger charge is 2.32. The SMILES string of the molecule is CC(C)COc1ccc(CNC(=O)c2ccc(S(=O)(=O)N3CC(C)OC(C)C3)cc2)cc1. The van der Waals surface area contributed by atoms with Crippen molar-refractivity contribution in [2.75, 3.05) is 19.7 Å². The Kier molecular flexibility index (Phi) is 7.92. The molecule has 0 saturated carbocycles. The number of nitrogens with one attached hydrogen (secondary N) is 1. The molecule has 3 rings (SSSR count). The Morgan fingerprint density at radius 2 is 1.66 bits per heavy atom. The summed E-state index contributed by atoms with van der Waals surface area (Å²) in [6, 6.07) is 13.6. The number of amides is 1. The third kappa shape index (κ3) is 6.31. The average Bonchev–Trinajstić information content (AvgIpc) is 2.76. The maximum atomic E-state index is 12.9. The number of carbonyl (C=O) groups excluding carboxylic acids is 1. The minimum atomic E-state index is -3.63. The lowest BCUT2D eigenvalue weighted by molar-refractivity contribution is -0.0440. The molecule has 1 heterocycles. The molecule has 1 N–H and O–H groups in total. The van der Waals surface area contributed by atoms with Crippen LogP contribution in [0.25, 0.3) is 0 Å². The summed E-state index contributed by atoms with van der Waals surface area (Å²) < 4.78 is 38.6. The van der Waals surface area contributed by atoms with E-state index in [1.807, 2.05) is 38.1 Å². The first kappa shape index (κ1) is 24.2. The summed E-state index contributed by atoms with van der Waals surface area (Å²) in [5, 5.41) is 2.86. The van der Waals surface area contributed by atoms with Crippen LogP contribution in [0.2, 0.25) is 0 Å². The summed E-state index contributed by atoms with van der Waals surface area (Å²) in [5.74, 6) is 0.994. The van der Waals surface area contributed by atoms with E-state index < -0.39 is 10.0 Å². The first-order valence-electron chi connectivity index (χ1n) is 10.9. The smallest absolute Gasteiger partial charge is 0.251 e. The predicted octanol–water partition coefficient (Wildman–Crippen LogP) is 3.45. The molecule has 1 amide bonds. The van der Waals surface area contributed by atoms with Crippen LogP contribution in [0.4, 0.5) is 0 Å². The molecule has 7 nitrogen and oxygen atoms in total. The Hall–Kier alpha value is -2.42. The first-order chi connectivity index (χ1) is 15.1. The van der Waals surface area contributed by atoms with Crippen LogP contribution in [0.15, 0.2) is 53.4 Å². The molecule has 174 valence electrons. The van der Waals surface area contributed by atoms with E-state index in [0.29, 0.717) is 37.7 Å². The monoisotopic (exact) mass is 460 g/mol. The summed E-state index contributed by atoms with van der Waals surface area (Å²) in [7, 11) is -3.63. The fraction of sp³-hybridized carbons (Fsp3) is 0.458. The van der Waals surface area contributed by atoms with E-state index in [-0.39, 0.29) is 23.0 Å². The van der Waals surface area contributed by atoms with Crippen molar-refractivity contribution in [3.05, 3.63) is 59.7 Å². The second kappa shape index (κ2) is 10.5. The Balaban J connectivity index is 1.58. The quantitative estimate of drug-likeness (QED) is 0.652. The van der Waals surface area contributed by atoms with Crippen LogP contribution in [-0.2, 0) is 21.3 Å². The summed E-state index contributed by atoms with van der Waals surface area (Å²) in [6.07, 6.45) is -0.316. The maximum absolute atomic E-state index is 12.9. The number of ether oxygens (including phenoxy) is 2. The van der Waals surface area contributed by atoms with Gasteiger partial charge in [0.15, 0.2) is 0 Å². The zero-order valence-electron chi connectivity index (χ0n) is 19.1. The molecule has 2 atom stereocenters. The van der Waals surface area contributed by atoms with Crippen molar-refractivity contribution in [3.63, 3.8) is 0 Å². The Morgan fingerprint density at radius 3 is 2.22 bits per heavy atom. The van der Waals surface area contributed by atoms with Crippen molar-refractivity contribution in [2.45, 2.75) is 51.3 Å². The Bertz CT molecular complexity index is 994. The molecule has 0 aliphatic carbocycles. The van der Waals surface area contributed by atoms with Gasteiger partial charge in [-0.2, -0.15) is 4.31 Å². The third-order valence-electron chi connectivity index (χ3n) is 5.10. The normalized spacial score (nSPS) is 19.7. The van der Waals surface area contributed by atoms with Gasteiger partial charge in [-0.15, -0.1) is 0 Å². The van der Waals surface area contributed by atoms with Gasteiger partial charge in [0, 0.05) is 25.2 Å². The topological polar surface area (TPSA) is 84.9 Å². The van der Waals surface area contributed by atoms with E-state index in [1.54, 1.807) is 12.1 Å².